The van der Waals surface area contributed by atoms with Gasteiger partial charge in [0.2, 0.25) is 0 Å². The molecule has 1 aromatic carbocycles. The minimum absolute atomic E-state index is 0.151. The average Bonchev–Trinajstić information content (AvgIpc) is 2.48. The maximum Gasteiger partial charge on any atom is 0.303 e. The number of aliphatic carboxylic acids is 1. The number of carboxylic acids is 1. The molecule has 2 rings (SSSR count). The van der Waals surface area contributed by atoms with Gasteiger partial charge in [-0.2, -0.15) is 5.26 Å². The van der Waals surface area contributed by atoms with Crippen LogP contribution in [0, 0.1) is 23.1 Å². The summed E-state index contributed by atoms with van der Waals surface area (Å²) in [5.74, 6) is -0.948. The van der Waals surface area contributed by atoms with Crippen LogP contribution in [0.4, 0.5) is 10.1 Å². The number of hydrogen-bond acceptors (Lipinski definition) is 3. The van der Waals surface area contributed by atoms with Crippen molar-refractivity contribution in [3.05, 3.63) is 28.0 Å². The molecule has 0 saturated carbocycles. The van der Waals surface area contributed by atoms with Crippen molar-refractivity contribution in [1.82, 2.24) is 0 Å². The summed E-state index contributed by atoms with van der Waals surface area (Å²) in [4.78, 5) is 12.6. The number of nitrogens with zero attached hydrogens (tertiary/aromatic N) is 2. The van der Waals surface area contributed by atoms with E-state index in [9.17, 15) is 9.18 Å². The number of rotatable bonds is 4. The first-order valence-electron chi connectivity index (χ1n) is 6.87. The molecule has 0 radical (unpaired) electrons. The van der Waals surface area contributed by atoms with Gasteiger partial charge >= 0.3 is 5.97 Å². The Balaban J connectivity index is 2.13. The van der Waals surface area contributed by atoms with Crippen LogP contribution in [0.15, 0.2) is 16.6 Å². The van der Waals surface area contributed by atoms with E-state index in [4.69, 9.17) is 10.4 Å². The summed E-state index contributed by atoms with van der Waals surface area (Å²) in [6.07, 6.45) is 2.66. The van der Waals surface area contributed by atoms with Crippen LogP contribution in [0.1, 0.15) is 31.2 Å². The van der Waals surface area contributed by atoms with Crippen molar-refractivity contribution in [3.63, 3.8) is 0 Å². The standard InChI is InChI=1S/C15H16BrFN2O2/c16-14-11(8-18)4-5-12(15(14)17)19-7-1-2-10(9-19)3-6-13(20)21/h4-5,10H,1-3,6-7,9H2,(H,20,21). The molecule has 0 spiro atoms. The third-order valence-corrected chi connectivity index (χ3v) is 4.58. The second kappa shape index (κ2) is 6.90. The first-order valence-corrected chi connectivity index (χ1v) is 7.67. The lowest BCUT2D eigenvalue weighted by molar-refractivity contribution is -0.137. The van der Waals surface area contributed by atoms with Gasteiger partial charge < -0.3 is 10.0 Å². The minimum Gasteiger partial charge on any atom is -0.481 e. The van der Waals surface area contributed by atoms with E-state index in [0.717, 1.165) is 19.4 Å². The van der Waals surface area contributed by atoms with Crippen LogP contribution in [0.5, 0.6) is 0 Å². The van der Waals surface area contributed by atoms with Crippen LogP contribution in [0.2, 0.25) is 0 Å². The van der Waals surface area contributed by atoms with Crippen molar-refractivity contribution >= 4 is 27.6 Å². The summed E-state index contributed by atoms with van der Waals surface area (Å²) >= 11 is 3.12. The van der Waals surface area contributed by atoms with Crippen molar-refractivity contribution < 1.29 is 14.3 Å². The van der Waals surface area contributed by atoms with Gasteiger partial charge in [0, 0.05) is 19.5 Å². The van der Waals surface area contributed by atoms with Crippen molar-refractivity contribution in [2.75, 3.05) is 18.0 Å². The van der Waals surface area contributed by atoms with Crippen LogP contribution in [-0.2, 0) is 4.79 Å². The Morgan fingerprint density at radius 2 is 2.33 bits per heavy atom. The van der Waals surface area contributed by atoms with E-state index in [1.54, 1.807) is 12.1 Å². The summed E-state index contributed by atoms with van der Waals surface area (Å²) in [7, 11) is 0. The molecule has 0 aromatic heterocycles. The first kappa shape index (κ1) is 15.8. The third-order valence-electron chi connectivity index (χ3n) is 3.81. The van der Waals surface area contributed by atoms with E-state index >= 15 is 0 Å². The number of carboxylic acid groups (broad SMARTS) is 1. The smallest absolute Gasteiger partial charge is 0.303 e. The van der Waals surface area contributed by atoms with E-state index in [0.29, 0.717) is 18.7 Å². The predicted molar refractivity (Wildman–Crippen MR) is 80.6 cm³/mol. The van der Waals surface area contributed by atoms with Crippen LogP contribution >= 0.6 is 15.9 Å². The number of hydrogen-bond donors (Lipinski definition) is 1. The second-order valence-corrected chi connectivity index (χ2v) is 6.05. The van der Waals surface area contributed by atoms with Gasteiger partial charge in [-0.15, -0.1) is 0 Å². The maximum absolute atomic E-state index is 14.3. The van der Waals surface area contributed by atoms with Crippen molar-refractivity contribution in [1.29, 1.82) is 5.26 Å². The van der Waals surface area contributed by atoms with E-state index in [1.807, 2.05) is 11.0 Å². The molecule has 1 unspecified atom stereocenters. The minimum atomic E-state index is -0.792. The van der Waals surface area contributed by atoms with Crippen LogP contribution in [-0.4, -0.2) is 24.2 Å². The summed E-state index contributed by atoms with van der Waals surface area (Å²) < 4.78 is 14.5. The van der Waals surface area contributed by atoms with Crippen LogP contribution < -0.4 is 4.90 Å². The Labute approximate surface area is 131 Å². The molecule has 0 bridgehead atoms. The molecular formula is C15H16BrFN2O2. The Hall–Kier alpha value is -1.61. The summed E-state index contributed by atoms with van der Waals surface area (Å²) in [6.45, 7) is 1.40. The van der Waals surface area contributed by atoms with E-state index in [1.165, 1.54) is 0 Å². The zero-order valence-corrected chi connectivity index (χ0v) is 13.1. The monoisotopic (exact) mass is 354 g/mol. The predicted octanol–water partition coefficient (Wildman–Crippen LogP) is 3.54. The molecule has 0 amide bonds. The number of piperidine rings is 1. The highest BCUT2D eigenvalue weighted by molar-refractivity contribution is 9.10. The Bertz CT molecular complexity index is 586. The summed E-state index contributed by atoms with van der Waals surface area (Å²) in [6, 6.07) is 5.16. The Morgan fingerprint density at radius 3 is 3.00 bits per heavy atom. The summed E-state index contributed by atoms with van der Waals surface area (Å²) in [5.41, 5.74) is 0.747. The average molecular weight is 355 g/mol. The molecule has 0 aliphatic carbocycles. The van der Waals surface area contributed by atoms with Crippen molar-refractivity contribution in [2.45, 2.75) is 25.7 Å². The maximum atomic E-state index is 14.3. The molecule has 21 heavy (non-hydrogen) atoms. The zero-order chi connectivity index (χ0) is 15.4. The molecule has 1 fully saturated rings. The number of nitriles is 1. The van der Waals surface area contributed by atoms with E-state index < -0.39 is 11.8 Å². The highest BCUT2D eigenvalue weighted by Gasteiger charge is 2.24. The number of halogens is 2. The van der Waals surface area contributed by atoms with Crippen molar-refractivity contribution in [3.8, 4) is 6.07 Å². The topological polar surface area (TPSA) is 64.3 Å². The molecule has 4 nitrogen and oxygen atoms in total. The van der Waals surface area contributed by atoms with Gasteiger partial charge in [0.1, 0.15) is 6.07 Å². The van der Waals surface area contributed by atoms with Gasteiger partial charge in [0.05, 0.1) is 15.7 Å². The lowest BCUT2D eigenvalue weighted by Crippen LogP contribution is -2.36. The number of carbonyl (C=O) groups is 1. The highest BCUT2D eigenvalue weighted by Crippen LogP contribution is 2.32. The number of benzene rings is 1. The molecule has 1 aromatic rings. The molecule has 6 heteroatoms. The Kier molecular flexibility index (Phi) is 5.18. The molecular weight excluding hydrogens is 339 g/mol. The van der Waals surface area contributed by atoms with Crippen molar-refractivity contribution in [2.24, 2.45) is 5.92 Å². The normalized spacial score (nSPS) is 18.3. The molecule has 1 saturated heterocycles. The van der Waals surface area contributed by atoms with Gasteiger partial charge in [0.15, 0.2) is 5.82 Å². The Morgan fingerprint density at radius 1 is 1.57 bits per heavy atom. The molecule has 112 valence electrons. The quantitative estimate of drug-likeness (QED) is 0.897. The highest BCUT2D eigenvalue weighted by atomic mass is 79.9. The molecule has 1 aliphatic heterocycles. The first-order chi connectivity index (χ1) is 10.0. The third kappa shape index (κ3) is 3.73. The number of anilines is 1. The fourth-order valence-corrected chi connectivity index (χ4v) is 3.14. The van der Waals surface area contributed by atoms with Gasteiger partial charge in [-0.3, -0.25) is 4.79 Å². The molecule has 1 heterocycles. The second-order valence-electron chi connectivity index (χ2n) is 5.26. The SMILES string of the molecule is N#Cc1ccc(N2CCCC(CCC(=O)O)C2)c(F)c1Br. The summed E-state index contributed by atoms with van der Waals surface area (Å²) in [5, 5.41) is 17.6. The van der Waals surface area contributed by atoms with E-state index in [2.05, 4.69) is 15.9 Å². The lowest BCUT2D eigenvalue weighted by Gasteiger charge is -2.34. The molecule has 1 N–H and O–H groups in total. The lowest BCUT2D eigenvalue weighted by atomic mass is 9.93. The largest absolute Gasteiger partial charge is 0.481 e. The fraction of sp³-hybridized carbons (Fsp3) is 0.467. The van der Waals surface area contributed by atoms with Gasteiger partial charge in [-0.25, -0.2) is 4.39 Å². The van der Waals surface area contributed by atoms with Crippen LogP contribution in [0.25, 0.3) is 0 Å². The van der Waals surface area contributed by atoms with Gasteiger partial charge in [-0.1, -0.05) is 0 Å². The van der Waals surface area contributed by atoms with Gasteiger partial charge in [0.25, 0.3) is 0 Å². The zero-order valence-electron chi connectivity index (χ0n) is 11.5. The fourth-order valence-electron chi connectivity index (χ4n) is 2.72. The molecule has 1 atom stereocenters. The van der Waals surface area contributed by atoms with Gasteiger partial charge in [-0.05, 0) is 53.2 Å². The van der Waals surface area contributed by atoms with Crippen LogP contribution in [0.3, 0.4) is 0 Å². The molecule has 1 aliphatic rings. The van der Waals surface area contributed by atoms with E-state index in [-0.39, 0.29) is 22.4 Å².